The molecule has 1 atom stereocenters. The molecule has 1 unspecified atom stereocenters. The van der Waals surface area contributed by atoms with Gasteiger partial charge in [0.15, 0.2) is 0 Å². The highest BCUT2D eigenvalue weighted by molar-refractivity contribution is 5.81. The van der Waals surface area contributed by atoms with Gasteiger partial charge in [0.1, 0.15) is 0 Å². The maximum atomic E-state index is 11.7. The van der Waals surface area contributed by atoms with Crippen LogP contribution >= 0.6 is 0 Å². The molecule has 1 amide bonds. The summed E-state index contributed by atoms with van der Waals surface area (Å²) in [6.07, 6.45) is 0.898. The van der Waals surface area contributed by atoms with E-state index in [1.165, 1.54) is 0 Å². The van der Waals surface area contributed by atoms with Gasteiger partial charge in [-0.1, -0.05) is 20.8 Å². The Labute approximate surface area is 86.2 Å². The lowest BCUT2D eigenvalue weighted by molar-refractivity contribution is -0.129. The van der Waals surface area contributed by atoms with E-state index in [4.69, 9.17) is 4.74 Å². The van der Waals surface area contributed by atoms with Crippen LogP contribution in [-0.4, -0.2) is 24.2 Å². The zero-order chi connectivity index (χ0) is 11.0. The van der Waals surface area contributed by atoms with Crippen molar-refractivity contribution in [2.45, 2.75) is 52.7 Å². The van der Waals surface area contributed by atoms with E-state index in [9.17, 15) is 4.79 Å². The number of carbonyl (C=O) groups is 1. The van der Waals surface area contributed by atoms with Crippen LogP contribution in [0.15, 0.2) is 0 Å². The zero-order valence-corrected chi connectivity index (χ0v) is 9.81. The molecule has 0 spiro atoms. The predicted octanol–water partition coefficient (Wildman–Crippen LogP) is 1.72. The minimum Gasteiger partial charge on any atom is -0.373 e. The molecule has 1 N–H and O–H groups in total. The first-order chi connectivity index (χ1) is 6.21. The van der Waals surface area contributed by atoms with E-state index < -0.39 is 0 Å². The van der Waals surface area contributed by atoms with E-state index >= 15 is 0 Å². The highest BCUT2D eigenvalue weighted by Crippen LogP contribution is 2.25. The smallest absolute Gasteiger partial charge is 0.225 e. The second kappa shape index (κ2) is 3.54. The molecule has 0 radical (unpaired) electrons. The van der Waals surface area contributed by atoms with Crippen molar-refractivity contribution in [1.82, 2.24) is 5.32 Å². The number of rotatable bonds is 1. The van der Waals surface area contributed by atoms with Crippen molar-refractivity contribution in [3.8, 4) is 0 Å². The van der Waals surface area contributed by atoms with Gasteiger partial charge in [0.05, 0.1) is 18.2 Å². The van der Waals surface area contributed by atoms with Crippen LogP contribution in [0.3, 0.4) is 0 Å². The molecule has 1 aliphatic heterocycles. The summed E-state index contributed by atoms with van der Waals surface area (Å²) in [5.41, 5.74) is -0.400. The van der Waals surface area contributed by atoms with Gasteiger partial charge in [-0.25, -0.2) is 0 Å². The van der Waals surface area contributed by atoms with Crippen LogP contribution in [0.2, 0.25) is 0 Å². The van der Waals surface area contributed by atoms with Gasteiger partial charge in [-0.3, -0.25) is 4.79 Å². The number of nitrogens with one attached hydrogen (secondary N) is 1. The number of carbonyl (C=O) groups excluding carboxylic acids is 1. The van der Waals surface area contributed by atoms with Crippen LogP contribution in [0.4, 0.5) is 0 Å². The Morgan fingerprint density at radius 2 is 2.00 bits per heavy atom. The molecule has 0 saturated carbocycles. The van der Waals surface area contributed by atoms with Crippen LogP contribution in [0.25, 0.3) is 0 Å². The largest absolute Gasteiger partial charge is 0.373 e. The fourth-order valence-electron chi connectivity index (χ4n) is 1.53. The molecule has 1 heterocycles. The van der Waals surface area contributed by atoms with Crippen molar-refractivity contribution in [1.29, 1.82) is 0 Å². The molecule has 1 rings (SSSR count). The van der Waals surface area contributed by atoms with Gasteiger partial charge in [0, 0.05) is 5.41 Å². The van der Waals surface area contributed by atoms with Crippen molar-refractivity contribution in [3.63, 3.8) is 0 Å². The molecule has 14 heavy (non-hydrogen) atoms. The van der Waals surface area contributed by atoms with Crippen molar-refractivity contribution in [2.24, 2.45) is 5.41 Å². The molecule has 82 valence electrons. The minimum absolute atomic E-state index is 0.0875. The average Bonchev–Trinajstić information content (AvgIpc) is 2.28. The first kappa shape index (κ1) is 11.5. The van der Waals surface area contributed by atoms with E-state index in [1.54, 1.807) is 0 Å². The topological polar surface area (TPSA) is 38.3 Å². The van der Waals surface area contributed by atoms with Crippen molar-refractivity contribution < 1.29 is 9.53 Å². The lowest BCUT2D eigenvalue weighted by atomic mass is 9.94. The Balaban J connectivity index is 2.44. The number of hydrogen-bond acceptors (Lipinski definition) is 2. The van der Waals surface area contributed by atoms with Gasteiger partial charge in [-0.05, 0) is 20.3 Å². The monoisotopic (exact) mass is 199 g/mol. The van der Waals surface area contributed by atoms with E-state index in [2.05, 4.69) is 19.2 Å². The molecule has 0 aromatic heterocycles. The summed E-state index contributed by atoms with van der Waals surface area (Å²) in [5, 5.41) is 3.01. The van der Waals surface area contributed by atoms with Gasteiger partial charge in [0.25, 0.3) is 0 Å². The summed E-state index contributed by atoms with van der Waals surface area (Å²) in [6.45, 7) is 10.5. The average molecular weight is 199 g/mol. The molecule has 0 bridgehead atoms. The van der Waals surface area contributed by atoms with E-state index in [0.717, 1.165) is 6.42 Å². The number of amides is 1. The normalized spacial score (nSPS) is 26.2. The first-order valence-electron chi connectivity index (χ1n) is 5.16. The molecule has 3 nitrogen and oxygen atoms in total. The third-order valence-electron chi connectivity index (χ3n) is 2.43. The van der Waals surface area contributed by atoms with Crippen LogP contribution in [0.1, 0.15) is 41.0 Å². The first-order valence-corrected chi connectivity index (χ1v) is 5.16. The summed E-state index contributed by atoms with van der Waals surface area (Å²) in [6, 6.07) is 0.178. The third kappa shape index (κ3) is 2.98. The summed E-state index contributed by atoms with van der Waals surface area (Å²) >= 11 is 0. The molecular formula is C11H21NO2. The Morgan fingerprint density at radius 1 is 1.43 bits per heavy atom. The standard InChI is InChI=1S/C11H21NO2/c1-10(2,3)9(13)12-8-6-11(4,5)14-7-8/h8H,6-7H2,1-5H3,(H,12,13). The molecule has 3 heteroatoms. The fraction of sp³-hybridized carbons (Fsp3) is 0.909. The van der Waals surface area contributed by atoms with Crippen LogP contribution in [0.5, 0.6) is 0 Å². The highest BCUT2D eigenvalue weighted by atomic mass is 16.5. The lowest BCUT2D eigenvalue weighted by Gasteiger charge is -2.21. The molecule has 1 saturated heterocycles. The minimum atomic E-state index is -0.313. The van der Waals surface area contributed by atoms with Gasteiger partial charge in [-0.15, -0.1) is 0 Å². The molecule has 1 aliphatic rings. The van der Waals surface area contributed by atoms with E-state index in [1.807, 2.05) is 20.8 Å². The maximum Gasteiger partial charge on any atom is 0.225 e. The van der Waals surface area contributed by atoms with E-state index in [0.29, 0.717) is 6.61 Å². The summed E-state index contributed by atoms with van der Waals surface area (Å²) in [5.74, 6) is 0.101. The fourth-order valence-corrected chi connectivity index (χ4v) is 1.53. The second-order valence-electron chi connectivity index (χ2n) is 5.70. The Hall–Kier alpha value is -0.570. The number of ether oxygens (including phenoxy) is 1. The van der Waals surface area contributed by atoms with E-state index in [-0.39, 0.29) is 23.0 Å². The van der Waals surface area contributed by atoms with Crippen LogP contribution in [-0.2, 0) is 9.53 Å². The van der Waals surface area contributed by atoms with Gasteiger partial charge in [0.2, 0.25) is 5.91 Å². The molecular weight excluding hydrogens is 178 g/mol. The third-order valence-corrected chi connectivity index (χ3v) is 2.43. The Morgan fingerprint density at radius 3 is 2.36 bits per heavy atom. The summed E-state index contributed by atoms with van der Waals surface area (Å²) in [7, 11) is 0. The molecule has 0 aromatic rings. The Bertz CT molecular complexity index is 228. The van der Waals surface area contributed by atoms with Gasteiger partial charge < -0.3 is 10.1 Å². The summed E-state index contributed by atoms with van der Waals surface area (Å²) in [4.78, 5) is 11.7. The molecule has 0 aliphatic carbocycles. The van der Waals surface area contributed by atoms with Gasteiger partial charge >= 0.3 is 0 Å². The quantitative estimate of drug-likeness (QED) is 0.698. The molecule has 0 aromatic carbocycles. The van der Waals surface area contributed by atoms with Crippen molar-refractivity contribution in [2.75, 3.05) is 6.61 Å². The van der Waals surface area contributed by atoms with Crippen molar-refractivity contribution >= 4 is 5.91 Å². The molecule has 1 fully saturated rings. The van der Waals surface area contributed by atoms with Crippen LogP contribution in [0, 0.1) is 5.41 Å². The predicted molar refractivity (Wildman–Crippen MR) is 56.0 cm³/mol. The second-order valence-corrected chi connectivity index (χ2v) is 5.70. The van der Waals surface area contributed by atoms with Crippen molar-refractivity contribution in [3.05, 3.63) is 0 Å². The summed E-state index contributed by atoms with van der Waals surface area (Å²) < 4.78 is 5.55. The maximum absolute atomic E-state index is 11.7. The number of hydrogen-bond donors (Lipinski definition) is 1. The Kier molecular flexibility index (Phi) is 2.91. The van der Waals surface area contributed by atoms with Crippen LogP contribution < -0.4 is 5.32 Å². The van der Waals surface area contributed by atoms with Gasteiger partial charge in [-0.2, -0.15) is 0 Å². The lowest BCUT2D eigenvalue weighted by Crippen LogP contribution is -2.42. The highest BCUT2D eigenvalue weighted by Gasteiger charge is 2.34. The zero-order valence-electron chi connectivity index (χ0n) is 9.81. The SMILES string of the molecule is CC1(C)CC(NC(=O)C(C)(C)C)CO1.